The lowest BCUT2D eigenvalue weighted by Crippen LogP contribution is -2.50. The van der Waals surface area contributed by atoms with Crippen molar-refractivity contribution >= 4 is 27.6 Å². The lowest BCUT2D eigenvalue weighted by atomic mass is 9.81. The molecular weight excluding hydrogens is 606 g/mol. The van der Waals surface area contributed by atoms with Crippen molar-refractivity contribution in [2.45, 2.75) is 45.8 Å². The van der Waals surface area contributed by atoms with Crippen molar-refractivity contribution in [2.24, 2.45) is 11.8 Å². The van der Waals surface area contributed by atoms with Crippen LogP contribution in [-0.2, 0) is 25.0 Å². The molecule has 41 heavy (non-hydrogen) atoms. The van der Waals surface area contributed by atoms with Crippen LogP contribution in [0.5, 0.6) is 0 Å². The van der Waals surface area contributed by atoms with Crippen LogP contribution in [0.1, 0.15) is 24.0 Å². The highest BCUT2D eigenvalue weighted by molar-refractivity contribution is 8.00. The number of halogens is 8. The molecule has 0 amide bonds. The molecule has 0 bridgehead atoms. The zero-order valence-electron chi connectivity index (χ0n) is 21.3. The van der Waals surface area contributed by atoms with Gasteiger partial charge in [-0.25, -0.2) is 17.2 Å². The van der Waals surface area contributed by atoms with E-state index in [2.05, 4.69) is 0 Å². The van der Waals surface area contributed by atoms with E-state index in [1.165, 1.54) is 11.8 Å². The van der Waals surface area contributed by atoms with E-state index in [0.29, 0.717) is 12.2 Å². The van der Waals surface area contributed by atoms with E-state index in [9.17, 15) is 53.4 Å². The van der Waals surface area contributed by atoms with Crippen LogP contribution in [0.2, 0.25) is 0 Å². The lowest BCUT2D eigenvalue weighted by Gasteiger charge is -2.41. The van der Waals surface area contributed by atoms with Gasteiger partial charge in [0, 0.05) is 29.8 Å². The Morgan fingerprint density at radius 3 is 2.05 bits per heavy atom. The van der Waals surface area contributed by atoms with Crippen molar-refractivity contribution in [3.63, 3.8) is 0 Å². The maximum absolute atomic E-state index is 14.8. The number of carboxylic acids is 1. The Morgan fingerprint density at radius 2 is 1.54 bits per heavy atom. The van der Waals surface area contributed by atoms with Crippen LogP contribution < -0.4 is 0 Å². The molecule has 3 unspecified atom stereocenters. The monoisotopic (exact) mass is 631 g/mol. The molecule has 4 rings (SSSR count). The molecule has 2 aliphatic rings. The predicted octanol–water partition coefficient (Wildman–Crippen LogP) is 5.94. The molecule has 0 saturated carbocycles. The molecule has 0 aromatic heterocycles. The SMILES string of the molecule is CN1CC(C2CC(C(=O)O)CCS2)[C@](c2ccc(C(F)(C(F)(F)F)C(F)(F)F)cc2)(S(=O)(=O)c2ccc(F)cc2)C1. The second-order valence-electron chi connectivity index (χ2n) is 10.4. The maximum Gasteiger partial charge on any atom is 0.435 e. The summed E-state index contributed by atoms with van der Waals surface area (Å²) in [5, 5.41) is 9.03. The van der Waals surface area contributed by atoms with Gasteiger partial charge in [-0.15, -0.1) is 0 Å². The summed E-state index contributed by atoms with van der Waals surface area (Å²) in [6.07, 6.45) is -12.3. The molecule has 1 N–H and O–H groups in total. The van der Waals surface area contributed by atoms with Crippen molar-refractivity contribution in [2.75, 3.05) is 25.9 Å². The molecule has 2 aliphatic heterocycles. The second kappa shape index (κ2) is 10.7. The first kappa shape index (κ1) is 31.5. The minimum absolute atomic E-state index is 0.0764. The molecule has 2 saturated heterocycles. The van der Waals surface area contributed by atoms with Crippen molar-refractivity contribution in [1.82, 2.24) is 4.90 Å². The molecule has 2 fully saturated rings. The fourth-order valence-corrected chi connectivity index (χ4v) is 9.97. The van der Waals surface area contributed by atoms with E-state index in [4.69, 9.17) is 0 Å². The molecule has 226 valence electrons. The van der Waals surface area contributed by atoms with Gasteiger partial charge in [0.25, 0.3) is 0 Å². The number of likely N-dealkylation sites (tertiary alicyclic amines) is 1. The van der Waals surface area contributed by atoms with Gasteiger partial charge in [-0.2, -0.15) is 38.1 Å². The number of carbonyl (C=O) groups is 1. The fourth-order valence-electron chi connectivity index (χ4n) is 5.86. The number of hydrogen-bond donors (Lipinski definition) is 1. The summed E-state index contributed by atoms with van der Waals surface area (Å²) in [6, 6.07) is 5.86. The van der Waals surface area contributed by atoms with Gasteiger partial charge in [0.05, 0.1) is 10.8 Å². The second-order valence-corrected chi connectivity index (χ2v) is 13.9. The number of aliphatic carboxylic acids is 1. The van der Waals surface area contributed by atoms with E-state index in [1.807, 2.05) is 0 Å². The summed E-state index contributed by atoms with van der Waals surface area (Å²) in [7, 11) is -2.98. The van der Waals surface area contributed by atoms with E-state index < -0.39 is 67.0 Å². The summed E-state index contributed by atoms with van der Waals surface area (Å²) in [5.74, 6) is -3.09. The van der Waals surface area contributed by atoms with Gasteiger partial charge >= 0.3 is 24.0 Å². The van der Waals surface area contributed by atoms with Crippen LogP contribution >= 0.6 is 11.8 Å². The highest BCUT2D eigenvalue weighted by Crippen LogP contribution is 2.55. The van der Waals surface area contributed by atoms with Gasteiger partial charge in [0.1, 0.15) is 10.6 Å². The number of nitrogens with zero attached hydrogens (tertiary/aromatic N) is 1. The number of thioether (sulfide) groups is 1. The summed E-state index contributed by atoms with van der Waals surface area (Å²) in [6.45, 7) is -0.158. The van der Waals surface area contributed by atoms with Gasteiger partial charge < -0.3 is 10.0 Å². The Kier molecular flexibility index (Phi) is 8.24. The van der Waals surface area contributed by atoms with Gasteiger partial charge in [0.15, 0.2) is 9.84 Å². The van der Waals surface area contributed by atoms with Crippen molar-refractivity contribution < 1.29 is 53.4 Å². The van der Waals surface area contributed by atoms with Crippen molar-refractivity contribution in [3.8, 4) is 0 Å². The standard InChI is InChI=1S/C26H25F8NO4S2/c1-35-13-20(21-12-15(22(36)37)10-11-40-21)23(14-35,41(38,39)19-8-6-18(27)7-9-19)16-2-4-17(5-3-16)24(28,25(29,30)31)26(32,33)34/h2-9,15,20-21H,10-14H2,1H3,(H,36,37)/t15?,20?,21?,23-/m0/s1. The van der Waals surface area contributed by atoms with E-state index in [1.54, 1.807) is 11.9 Å². The minimum Gasteiger partial charge on any atom is -0.481 e. The summed E-state index contributed by atoms with van der Waals surface area (Å²) in [4.78, 5) is 13.0. The molecule has 0 spiro atoms. The maximum atomic E-state index is 14.8. The third kappa shape index (κ3) is 5.22. The van der Waals surface area contributed by atoms with Crippen LogP contribution in [0.4, 0.5) is 35.1 Å². The normalized spacial score (nSPS) is 26.7. The average molecular weight is 632 g/mol. The number of benzene rings is 2. The Labute approximate surface area is 234 Å². The van der Waals surface area contributed by atoms with E-state index in [0.717, 1.165) is 36.4 Å². The zero-order chi connectivity index (χ0) is 30.6. The predicted molar refractivity (Wildman–Crippen MR) is 134 cm³/mol. The Bertz CT molecular complexity index is 1370. The lowest BCUT2D eigenvalue weighted by molar-refractivity contribution is -0.348. The third-order valence-electron chi connectivity index (χ3n) is 7.88. The van der Waals surface area contributed by atoms with Crippen LogP contribution in [0, 0.1) is 17.7 Å². The van der Waals surface area contributed by atoms with E-state index >= 15 is 0 Å². The molecule has 2 aromatic carbocycles. The zero-order valence-corrected chi connectivity index (χ0v) is 23.0. The van der Waals surface area contributed by atoms with Crippen LogP contribution in [-0.4, -0.2) is 67.9 Å². The molecule has 2 aromatic rings. The van der Waals surface area contributed by atoms with E-state index in [-0.39, 0.29) is 42.1 Å². The van der Waals surface area contributed by atoms with Gasteiger partial charge in [-0.1, -0.05) is 24.3 Å². The first-order valence-corrected chi connectivity index (χ1v) is 14.9. The number of alkyl halides is 7. The number of rotatable bonds is 6. The Balaban J connectivity index is 1.93. The molecule has 0 radical (unpaired) electrons. The Hall–Kier alpha value is -2.39. The minimum atomic E-state index is -6.36. The number of carboxylic acid groups (broad SMARTS) is 1. The van der Waals surface area contributed by atoms with Gasteiger partial charge in [-0.3, -0.25) is 4.79 Å². The fraction of sp³-hybridized carbons (Fsp3) is 0.500. The molecule has 15 heteroatoms. The number of sulfone groups is 1. The quantitative estimate of drug-likeness (QED) is 0.314. The third-order valence-corrected chi connectivity index (χ3v) is 11.8. The summed E-state index contributed by atoms with van der Waals surface area (Å²) >= 11 is 1.34. The highest BCUT2D eigenvalue weighted by Gasteiger charge is 2.73. The molecular formula is C26H25F8NO4S2. The largest absolute Gasteiger partial charge is 0.481 e. The summed E-state index contributed by atoms with van der Waals surface area (Å²) < 4.78 is 136. The van der Waals surface area contributed by atoms with Crippen LogP contribution in [0.15, 0.2) is 53.4 Å². The first-order valence-electron chi connectivity index (χ1n) is 12.3. The highest BCUT2D eigenvalue weighted by atomic mass is 32.2. The van der Waals surface area contributed by atoms with Crippen LogP contribution in [0.25, 0.3) is 0 Å². The average Bonchev–Trinajstić information content (AvgIpc) is 3.26. The van der Waals surface area contributed by atoms with Gasteiger partial charge in [0.2, 0.25) is 0 Å². The Morgan fingerprint density at radius 1 is 0.976 bits per heavy atom. The molecule has 5 nitrogen and oxygen atoms in total. The van der Waals surface area contributed by atoms with Gasteiger partial charge in [-0.05, 0) is 55.5 Å². The number of hydrogen-bond acceptors (Lipinski definition) is 5. The van der Waals surface area contributed by atoms with Crippen molar-refractivity contribution in [3.05, 3.63) is 65.5 Å². The topological polar surface area (TPSA) is 74.7 Å². The molecule has 0 aliphatic carbocycles. The smallest absolute Gasteiger partial charge is 0.435 e. The van der Waals surface area contributed by atoms with Crippen molar-refractivity contribution in [1.29, 1.82) is 0 Å². The summed E-state index contributed by atoms with van der Waals surface area (Å²) in [5.41, 5.74) is -7.66. The first-order chi connectivity index (χ1) is 18.9. The van der Waals surface area contributed by atoms with Crippen LogP contribution in [0.3, 0.4) is 0 Å². The number of likely N-dealkylation sites (N-methyl/N-ethyl adjacent to an activating group) is 1. The molecule has 2 heterocycles. The molecule has 4 atom stereocenters.